The summed E-state index contributed by atoms with van der Waals surface area (Å²) in [5.41, 5.74) is 1.14. The molecule has 1 aromatic rings. The Labute approximate surface area is 149 Å². The van der Waals surface area contributed by atoms with E-state index >= 15 is 0 Å². The van der Waals surface area contributed by atoms with Gasteiger partial charge in [0.25, 0.3) is 0 Å². The molecule has 0 amide bonds. The van der Waals surface area contributed by atoms with Crippen molar-refractivity contribution < 1.29 is 19.1 Å². The van der Waals surface area contributed by atoms with E-state index in [9.17, 15) is 9.59 Å². The van der Waals surface area contributed by atoms with Gasteiger partial charge >= 0.3 is 5.97 Å². The summed E-state index contributed by atoms with van der Waals surface area (Å²) in [4.78, 5) is 23.1. The van der Waals surface area contributed by atoms with Crippen LogP contribution < -0.4 is 0 Å². The van der Waals surface area contributed by atoms with Gasteiger partial charge in [0.15, 0.2) is 5.78 Å². The Hall–Kier alpha value is -2.20. The molecule has 2 rings (SSSR count). The van der Waals surface area contributed by atoms with Crippen LogP contribution in [0.4, 0.5) is 0 Å². The molecule has 4 nitrogen and oxygen atoms in total. The number of esters is 1. The zero-order valence-electron chi connectivity index (χ0n) is 14.7. The zero-order chi connectivity index (χ0) is 17.9. The molecule has 0 fully saturated rings. The number of ether oxygens (including phenoxy) is 2. The van der Waals surface area contributed by atoms with Crippen LogP contribution in [0.5, 0.6) is 0 Å². The van der Waals surface area contributed by atoms with Crippen molar-refractivity contribution in [3.05, 3.63) is 60.2 Å². The summed E-state index contributed by atoms with van der Waals surface area (Å²) in [5.74, 6) is 0.0929. The van der Waals surface area contributed by atoms with Gasteiger partial charge < -0.3 is 9.47 Å². The number of hydrogen-bond acceptors (Lipinski definition) is 4. The SMILES string of the molecule is COC(=O)CCC/C=C\CC1C(=O)C=CC1COCc1ccccc1. The van der Waals surface area contributed by atoms with E-state index in [0.717, 1.165) is 18.4 Å². The molecule has 0 bridgehead atoms. The molecular weight excluding hydrogens is 316 g/mol. The van der Waals surface area contributed by atoms with Crippen LogP contribution in [0.25, 0.3) is 0 Å². The molecular formula is C21H26O4. The molecule has 0 saturated carbocycles. The van der Waals surface area contributed by atoms with Gasteiger partial charge in [0.05, 0.1) is 20.3 Å². The first-order chi connectivity index (χ1) is 12.2. The number of unbranched alkanes of at least 4 members (excludes halogenated alkanes) is 1. The van der Waals surface area contributed by atoms with Gasteiger partial charge in [-0.2, -0.15) is 0 Å². The summed E-state index contributed by atoms with van der Waals surface area (Å²) in [6, 6.07) is 10.0. The smallest absolute Gasteiger partial charge is 0.305 e. The highest BCUT2D eigenvalue weighted by molar-refractivity contribution is 5.94. The topological polar surface area (TPSA) is 52.6 Å². The largest absolute Gasteiger partial charge is 0.469 e. The average Bonchev–Trinajstić information content (AvgIpc) is 2.98. The quantitative estimate of drug-likeness (QED) is 0.368. The number of rotatable bonds is 10. The second kappa shape index (κ2) is 10.6. The molecule has 25 heavy (non-hydrogen) atoms. The first-order valence-electron chi connectivity index (χ1n) is 8.76. The van der Waals surface area contributed by atoms with Crippen molar-refractivity contribution in [2.45, 2.75) is 32.3 Å². The number of methoxy groups -OCH3 is 1. The molecule has 2 unspecified atom stereocenters. The normalized spacial score (nSPS) is 19.6. The van der Waals surface area contributed by atoms with E-state index in [4.69, 9.17) is 4.74 Å². The van der Waals surface area contributed by atoms with Gasteiger partial charge in [-0.25, -0.2) is 0 Å². The molecule has 4 heteroatoms. The fraction of sp³-hybridized carbons (Fsp3) is 0.429. The Bertz CT molecular complexity index is 604. The van der Waals surface area contributed by atoms with Gasteiger partial charge in [-0.15, -0.1) is 0 Å². The Morgan fingerprint density at radius 2 is 2.00 bits per heavy atom. The van der Waals surface area contributed by atoms with Crippen molar-refractivity contribution in [1.82, 2.24) is 0 Å². The Balaban J connectivity index is 1.69. The maximum atomic E-state index is 12.0. The highest BCUT2D eigenvalue weighted by atomic mass is 16.5. The van der Waals surface area contributed by atoms with E-state index in [1.807, 2.05) is 48.6 Å². The van der Waals surface area contributed by atoms with E-state index in [1.54, 1.807) is 6.08 Å². The second-order valence-electron chi connectivity index (χ2n) is 6.21. The Kier molecular flexibility index (Phi) is 8.13. The van der Waals surface area contributed by atoms with Crippen molar-refractivity contribution in [3.8, 4) is 0 Å². The Morgan fingerprint density at radius 1 is 1.20 bits per heavy atom. The number of allylic oxidation sites excluding steroid dienone is 3. The van der Waals surface area contributed by atoms with Gasteiger partial charge in [0.1, 0.15) is 0 Å². The predicted octanol–water partition coefficient (Wildman–Crippen LogP) is 3.86. The second-order valence-corrected chi connectivity index (χ2v) is 6.21. The van der Waals surface area contributed by atoms with Gasteiger partial charge in [0.2, 0.25) is 0 Å². The molecule has 1 aromatic carbocycles. The molecule has 134 valence electrons. The van der Waals surface area contributed by atoms with Crippen molar-refractivity contribution in [2.75, 3.05) is 13.7 Å². The molecule has 0 spiro atoms. The van der Waals surface area contributed by atoms with Gasteiger partial charge in [0, 0.05) is 18.3 Å². The number of hydrogen-bond donors (Lipinski definition) is 0. The number of carbonyl (C=O) groups excluding carboxylic acids is 2. The highest BCUT2D eigenvalue weighted by Gasteiger charge is 2.28. The fourth-order valence-corrected chi connectivity index (χ4v) is 2.86. The summed E-state index contributed by atoms with van der Waals surface area (Å²) in [6.07, 6.45) is 10.4. The van der Waals surface area contributed by atoms with Crippen LogP contribution in [0.2, 0.25) is 0 Å². The molecule has 0 saturated heterocycles. The molecule has 0 radical (unpaired) electrons. The summed E-state index contributed by atoms with van der Waals surface area (Å²) < 4.78 is 10.4. The van der Waals surface area contributed by atoms with E-state index in [1.165, 1.54) is 7.11 Å². The maximum Gasteiger partial charge on any atom is 0.305 e. The zero-order valence-corrected chi connectivity index (χ0v) is 14.7. The van der Waals surface area contributed by atoms with Crippen LogP contribution in [0.3, 0.4) is 0 Å². The van der Waals surface area contributed by atoms with E-state index in [0.29, 0.717) is 26.1 Å². The first-order valence-corrected chi connectivity index (χ1v) is 8.76. The van der Waals surface area contributed by atoms with E-state index in [-0.39, 0.29) is 23.6 Å². The van der Waals surface area contributed by atoms with Crippen LogP contribution in [0, 0.1) is 11.8 Å². The van der Waals surface area contributed by atoms with Gasteiger partial charge in [-0.3, -0.25) is 9.59 Å². The third-order valence-corrected chi connectivity index (χ3v) is 4.35. The Morgan fingerprint density at radius 3 is 2.76 bits per heavy atom. The molecule has 0 N–H and O–H groups in total. The third-order valence-electron chi connectivity index (χ3n) is 4.35. The van der Waals surface area contributed by atoms with Crippen LogP contribution in [0.15, 0.2) is 54.6 Å². The maximum absolute atomic E-state index is 12.0. The van der Waals surface area contributed by atoms with Crippen LogP contribution in [-0.2, 0) is 25.7 Å². The lowest BCUT2D eigenvalue weighted by molar-refractivity contribution is -0.140. The summed E-state index contributed by atoms with van der Waals surface area (Å²) in [6.45, 7) is 1.12. The minimum atomic E-state index is -0.181. The highest BCUT2D eigenvalue weighted by Crippen LogP contribution is 2.26. The monoisotopic (exact) mass is 342 g/mol. The first kappa shape index (κ1) is 19.1. The van der Waals surface area contributed by atoms with Crippen molar-refractivity contribution in [3.63, 3.8) is 0 Å². The van der Waals surface area contributed by atoms with Crippen molar-refractivity contribution in [2.24, 2.45) is 11.8 Å². The molecule has 0 aliphatic heterocycles. The molecule has 0 heterocycles. The predicted molar refractivity (Wildman–Crippen MR) is 96.8 cm³/mol. The number of carbonyl (C=O) groups is 2. The average molecular weight is 342 g/mol. The van der Waals surface area contributed by atoms with Crippen LogP contribution in [-0.4, -0.2) is 25.5 Å². The lowest BCUT2D eigenvalue weighted by Gasteiger charge is -2.16. The summed E-state index contributed by atoms with van der Waals surface area (Å²) >= 11 is 0. The minimum absolute atomic E-state index is 0.0346. The van der Waals surface area contributed by atoms with Crippen LogP contribution >= 0.6 is 0 Å². The van der Waals surface area contributed by atoms with E-state index < -0.39 is 0 Å². The summed E-state index contributed by atoms with van der Waals surface area (Å²) in [7, 11) is 1.40. The van der Waals surface area contributed by atoms with Crippen LogP contribution in [0.1, 0.15) is 31.2 Å². The van der Waals surface area contributed by atoms with E-state index in [2.05, 4.69) is 4.74 Å². The fourth-order valence-electron chi connectivity index (χ4n) is 2.86. The van der Waals surface area contributed by atoms with Gasteiger partial charge in [-0.1, -0.05) is 48.6 Å². The number of ketones is 1. The summed E-state index contributed by atoms with van der Waals surface area (Å²) in [5, 5.41) is 0. The molecule has 0 aromatic heterocycles. The molecule has 1 aliphatic rings. The number of benzene rings is 1. The molecule has 1 aliphatic carbocycles. The standard InChI is InChI=1S/C21H26O4/c1-24-21(23)12-8-3-2-7-11-19-18(13-14-20(19)22)16-25-15-17-9-5-4-6-10-17/h2,4-7,9-10,13-14,18-19H,3,8,11-12,15-16H2,1H3/b7-2-. The van der Waals surface area contributed by atoms with Crippen molar-refractivity contribution in [1.29, 1.82) is 0 Å². The van der Waals surface area contributed by atoms with Crippen molar-refractivity contribution >= 4 is 11.8 Å². The van der Waals surface area contributed by atoms with Gasteiger partial charge in [-0.05, 0) is 30.9 Å². The lowest BCUT2D eigenvalue weighted by Crippen LogP contribution is -2.19. The lowest BCUT2D eigenvalue weighted by atomic mass is 9.92. The minimum Gasteiger partial charge on any atom is -0.469 e. The third kappa shape index (κ3) is 6.67. The molecule has 2 atom stereocenters.